The van der Waals surface area contributed by atoms with Gasteiger partial charge in [0.15, 0.2) is 0 Å². The number of carbonyl (C=O) groups is 2. The van der Waals surface area contributed by atoms with Crippen molar-refractivity contribution in [3.63, 3.8) is 0 Å². The average molecular weight is 367 g/mol. The Balaban J connectivity index is 3.46. The third-order valence-corrected chi connectivity index (χ3v) is 3.38. The van der Waals surface area contributed by atoms with E-state index in [1.807, 2.05) is 11.2 Å². The van der Waals surface area contributed by atoms with Crippen LogP contribution in [0, 0.1) is 12.3 Å². The second-order valence-corrected chi connectivity index (χ2v) is 6.57. The van der Waals surface area contributed by atoms with Crippen LogP contribution in [0.5, 0.6) is 0 Å². The number of benzene rings is 1. The SMILES string of the molecule is C#CCC(NC(=O)OC(C)(C)C)(C(=O)OCC)C(F)(F)c1ccccc1. The number of terminal acetylenes is 1. The van der Waals surface area contributed by atoms with Crippen molar-refractivity contribution >= 4 is 12.1 Å². The van der Waals surface area contributed by atoms with Crippen molar-refractivity contribution in [2.75, 3.05) is 6.61 Å². The van der Waals surface area contributed by atoms with E-state index < -0.39 is 41.1 Å². The van der Waals surface area contributed by atoms with Crippen LogP contribution in [-0.2, 0) is 20.2 Å². The second-order valence-electron chi connectivity index (χ2n) is 6.57. The summed E-state index contributed by atoms with van der Waals surface area (Å²) in [6.45, 7) is 6.00. The third kappa shape index (κ3) is 4.72. The molecule has 7 heteroatoms. The van der Waals surface area contributed by atoms with Crippen molar-refractivity contribution in [1.29, 1.82) is 0 Å². The highest BCUT2D eigenvalue weighted by Gasteiger charge is 2.62. The molecule has 142 valence electrons. The number of nitrogens with one attached hydrogen (secondary N) is 1. The minimum Gasteiger partial charge on any atom is -0.464 e. The zero-order chi connectivity index (χ0) is 20.0. The maximum Gasteiger partial charge on any atom is 0.408 e. The summed E-state index contributed by atoms with van der Waals surface area (Å²) in [5.74, 6) is -3.14. The monoisotopic (exact) mass is 367 g/mol. The molecule has 0 heterocycles. The number of amides is 1. The third-order valence-electron chi connectivity index (χ3n) is 3.38. The van der Waals surface area contributed by atoms with Gasteiger partial charge in [0.2, 0.25) is 5.54 Å². The molecule has 0 spiro atoms. The first-order valence-electron chi connectivity index (χ1n) is 8.05. The summed E-state index contributed by atoms with van der Waals surface area (Å²) in [6.07, 6.45) is 3.26. The Labute approximate surface area is 152 Å². The standard InChI is InChI=1S/C19H23F2NO4/c1-6-13-18(15(23)25-7-2,22-16(24)26-17(3,4)5)19(20,21)14-11-9-8-10-12-14/h1,8-12H,7,13H2,2-5H3,(H,22,24). The maximum atomic E-state index is 15.4. The van der Waals surface area contributed by atoms with E-state index in [2.05, 4.69) is 0 Å². The van der Waals surface area contributed by atoms with Crippen molar-refractivity contribution in [3.8, 4) is 12.3 Å². The highest BCUT2D eigenvalue weighted by atomic mass is 19.3. The Kier molecular flexibility index (Phi) is 6.73. The lowest BCUT2D eigenvalue weighted by Gasteiger charge is -2.38. The Bertz CT molecular complexity index is 677. The predicted octanol–water partition coefficient (Wildman–Crippen LogP) is 3.63. The van der Waals surface area contributed by atoms with Gasteiger partial charge in [0.25, 0.3) is 0 Å². The quantitative estimate of drug-likeness (QED) is 0.616. The molecule has 5 nitrogen and oxygen atoms in total. The highest BCUT2D eigenvalue weighted by molar-refractivity contribution is 5.88. The molecule has 0 aliphatic heterocycles. The van der Waals surface area contributed by atoms with Gasteiger partial charge in [-0.15, -0.1) is 12.3 Å². The van der Waals surface area contributed by atoms with Gasteiger partial charge in [-0.25, -0.2) is 9.59 Å². The van der Waals surface area contributed by atoms with Crippen LogP contribution in [0.25, 0.3) is 0 Å². The van der Waals surface area contributed by atoms with Crippen molar-refractivity contribution in [2.45, 2.75) is 51.2 Å². The fourth-order valence-corrected chi connectivity index (χ4v) is 2.26. The van der Waals surface area contributed by atoms with Crippen molar-refractivity contribution in [1.82, 2.24) is 5.32 Å². The van der Waals surface area contributed by atoms with E-state index in [4.69, 9.17) is 15.9 Å². The largest absolute Gasteiger partial charge is 0.464 e. The summed E-state index contributed by atoms with van der Waals surface area (Å²) in [5, 5.41) is 1.98. The molecule has 0 aromatic heterocycles. The molecular weight excluding hydrogens is 344 g/mol. The van der Waals surface area contributed by atoms with Gasteiger partial charge in [-0.2, -0.15) is 8.78 Å². The fourth-order valence-electron chi connectivity index (χ4n) is 2.26. The topological polar surface area (TPSA) is 64.6 Å². The van der Waals surface area contributed by atoms with Crippen LogP contribution < -0.4 is 5.32 Å². The number of halogens is 2. The first kappa shape index (κ1) is 21.4. The van der Waals surface area contributed by atoms with Crippen LogP contribution >= 0.6 is 0 Å². The molecule has 1 amide bonds. The summed E-state index contributed by atoms with van der Waals surface area (Å²) in [6, 6.07) is 6.61. The van der Waals surface area contributed by atoms with E-state index in [-0.39, 0.29) is 6.61 Å². The highest BCUT2D eigenvalue weighted by Crippen LogP contribution is 2.42. The normalized spacial score (nSPS) is 13.9. The molecular formula is C19H23F2NO4. The number of hydrogen-bond donors (Lipinski definition) is 1. The predicted molar refractivity (Wildman–Crippen MR) is 92.5 cm³/mol. The molecule has 26 heavy (non-hydrogen) atoms. The molecule has 0 saturated heterocycles. The van der Waals surface area contributed by atoms with E-state index in [9.17, 15) is 9.59 Å². The Morgan fingerprint density at radius 2 is 1.77 bits per heavy atom. The first-order valence-corrected chi connectivity index (χ1v) is 8.05. The van der Waals surface area contributed by atoms with Gasteiger partial charge in [-0.05, 0) is 27.7 Å². The van der Waals surface area contributed by atoms with Crippen molar-refractivity contribution in [2.24, 2.45) is 0 Å². The summed E-state index contributed by atoms with van der Waals surface area (Å²) >= 11 is 0. The molecule has 1 rings (SSSR count). The molecule has 0 aliphatic rings. The fraction of sp³-hybridized carbons (Fsp3) is 0.474. The lowest BCUT2D eigenvalue weighted by atomic mass is 9.83. The Morgan fingerprint density at radius 1 is 1.19 bits per heavy atom. The molecule has 0 aliphatic carbocycles. The Morgan fingerprint density at radius 3 is 2.23 bits per heavy atom. The van der Waals surface area contributed by atoms with E-state index in [1.54, 1.807) is 26.8 Å². The molecule has 1 atom stereocenters. The lowest BCUT2D eigenvalue weighted by Crippen LogP contribution is -2.65. The van der Waals surface area contributed by atoms with Crippen LogP contribution in [0.3, 0.4) is 0 Å². The number of rotatable bonds is 6. The number of esters is 1. The molecule has 1 aromatic carbocycles. The molecule has 0 fully saturated rings. The summed E-state index contributed by atoms with van der Waals surface area (Å²) in [4.78, 5) is 24.7. The summed E-state index contributed by atoms with van der Waals surface area (Å²) in [7, 11) is 0. The van der Waals surface area contributed by atoms with Crippen molar-refractivity contribution in [3.05, 3.63) is 35.9 Å². The van der Waals surface area contributed by atoms with E-state index in [0.29, 0.717) is 0 Å². The van der Waals surface area contributed by atoms with Gasteiger partial charge in [0.05, 0.1) is 6.61 Å². The molecule has 0 bridgehead atoms. The number of alkyl carbamates (subject to hydrolysis) is 1. The van der Waals surface area contributed by atoms with Crippen LogP contribution in [0.2, 0.25) is 0 Å². The van der Waals surface area contributed by atoms with Crippen LogP contribution in [0.4, 0.5) is 13.6 Å². The number of alkyl halides is 2. The number of carbonyl (C=O) groups excluding carboxylic acids is 2. The van der Waals surface area contributed by atoms with Crippen LogP contribution in [-0.4, -0.2) is 29.8 Å². The zero-order valence-corrected chi connectivity index (χ0v) is 15.3. The minimum atomic E-state index is -3.84. The summed E-state index contributed by atoms with van der Waals surface area (Å²) < 4.78 is 40.6. The van der Waals surface area contributed by atoms with Crippen molar-refractivity contribution < 1.29 is 27.8 Å². The maximum absolute atomic E-state index is 15.4. The van der Waals surface area contributed by atoms with E-state index in [1.165, 1.54) is 19.1 Å². The zero-order valence-electron chi connectivity index (χ0n) is 15.3. The van der Waals surface area contributed by atoms with Gasteiger partial charge in [-0.3, -0.25) is 5.32 Å². The first-order chi connectivity index (χ1) is 12.0. The molecule has 1 aromatic rings. The average Bonchev–Trinajstić information content (AvgIpc) is 2.53. The van der Waals surface area contributed by atoms with Crippen LogP contribution in [0.1, 0.15) is 39.7 Å². The Hall–Kier alpha value is -2.62. The molecule has 0 radical (unpaired) electrons. The smallest absolute Gasteiger partial charge is 0.408 e. The minimum absolute atomic E-state index is 0.161. The lowest BCUT2D eigenvalue weighted by molar-refractivity contribution is -0.173. The molecule has 1 N–H and O–H groups in total. The number of ether oxygens (including phenoxy) is 2. The molecule has 0 saturated carbocycles. The van der Waals surface area contributed by atoms with Gasteiger partial charge < -0.3 is 9.47 Å². The van der Waals surface area contributed by atoms with Gasteiger partial charge in [-0.1, -0.05) is 30.3 Å². The summed E-state index contributed by atoms with van der Waals surface area (Å²) in [5.41, 5.74) is -4.25. The second kappa shape index (κ2) is 8.17. The number of hydrogen-bond acceptors (Lipinski definition) is 4. The van der Waals surface area contributed by atoms with Crippen LogP contribution in [0.15, 0.2) is 30.3 Å². The van der Waals surface area contributed by atoms with Gasteiger partial charge in [0.1, 0.15) is 5.60 Å². The van der Waals surface area contributed by atoms with Gasteiger partial charge >= 0.3 is 18.0 Å². The van der Waals surface area contributed by atoms with E-state index in [0.717, 1.165) is 12.1 Å². The van der Waals surface area contributed by atoms with E-state index >= 15 is 8.78 Å². The molecule has 1 unspecified atom stereocenters. The van der Waals surface area contributed by atoms with Gasteiger partial charge in [0, 0.05) is 12.0 Å².